The van der Waals surface area contributed by atoms with E-state index in [-0.39, 0.29) is 38.3 Å². The van der Waals surface area contributed by atoms with Gasteiger partial charge in [-0.3, -0.25) is 14.3 Å². The van der Waals surface area contributed by atoms with Crippen molar-refractivity contribution in [3.63, 3.8) is 0 Å². The molecule has 0 aliphatic carbocycles. The van der Waals surface area contributed by atoms with Crippen LogP contribution in [0.2, 0.25) is 0 Å². The van der Waals surface area contributed by atoms with Crippen LogP contribution < -0.4 is 5.73 Å². The van der Waals surface area contributed by atoms with E-state index in [1.54, 1.807) is 6.92 Å². The van der Waals surface area contributed by atoms with Crippen molar-refractivity contribution in [1.29, 1.82) is 0 Å². The number of carbonyl (C=O) groups is 4. The number of nitrogens with two attached hydrogens (primary N) is 1. The Kier molecular flexibility index (Phi) is 12.9. The van der Waals surface area contributed by atoms with Crippen LogP contribution in [-0.2, 0) is 42.9 Å². The molecule has 0 aromatic heterocycles. The van der Waals surface area contributed by atoms with Gasteiger partial charge < -0.3 is 24.7 Å². The minimum atomic E-state index is -2.19. The van der Waals surface area contributed by atoms with Gasteiger partial charge in [0.2, 0.25) is 0 Å². The van der Waals surface area contributed by atoms with Crippen molar-refractivity contribution in [2.45, 2.75) is 70.5 Å². The van der Waals surface area contributed by atoms with Crippen LogP contribution in [-0.4, -0.2) is 55.7 Å². The van der Waals surface area contributed by atoms with Gasteiger partial charge in [-0.05, 0) is 25.7 Å². The van der Waals surface area contributed by atoms with E-state index in [1.165, 1.54) is 0 Å². The van der Waals surface area contributed by atoms with Gasteiger partial charge in [0.05, 0.1) is 13.2 Å². The molecule has 3 atom stereocenters. The summed E-state index contributed by atoms with van der Waals surface area (Å²) in [6.45, 7) is 3.52. The summed E-state index contributed by atoms with van der Waals surface area (Å²) >= 11 is 0. The molecule has 1 rings (SSSR count). The molecular formula is C19H30ClNO9. The number of carbonyl (C=O) groups excluding carboxylic acids is 4. The van der Waals surface area contributed by atoms with Crippen molar-refractivity contribution in [3.8, 4) is 0 Å². The molecule has 11 heteroatoms. The normalized spacial score (nSPS) is 23.2. The van der Waals surface area contributed by atoms with Gasteiger partial charge in [0.25, 0.3) is 0 Å². The van der Waals surface area contributed by atoms with Gasteiger partial charge >= 0.3 is 29.9 Å². The van der Waals surface area contributed by atoms with Gasteiger partial charge in [0.15, 0.2) is 0 Å². The molecular weight excluding hydrogens is 422 g/mol. The van der Waals surface area contributed by atoms with E-state index in [2.05, 4.69) is 4.74 Å². The molecule has 0 aromatic rings. The summed E-state index contributed by atoms with van der Waals surface area (Å²) in [5.41, 5.74) is 6.05. The molecule has 0 saturated carbocycles. The van der Waals surface area contributed by atoms with Crippen LogP contribution in [0.15, 0.2) is 12.2 Å². The van der Waals surface area contributed by atoms with Crippen LogP contribution in [0, 0.1) is 0 Å². The van der Waals surface area contributed by atoms with Crippen molar-refractivity contribution >= 4 is 36.3 Å². The fourth-order valence-electron chi connectivity index (χ4n) is 2.51. The predicted molar refractivity (Wildman–Crippen MR) is 106 cm³/mol. The van der Waals surface area contributed by atoms with E-state index in [9.17, 15) is 19.2 Å². The summed E-state index contributed by atoms with van der Waals surface area (Å²) in [5, 5.41) is 0. The number of rotatable bonds is 10. The minimum Gasteiger partial charge on any atom is -0.466 e. The number of halogens is 1. The molecule has 0 amide bonds. The van der Waals surface area contributed by atoms with Crippen molar-refractivity contribution in [2.24, 2.45) is 5.73 Å². The lowest BCUT2D eigenvalue weighted by Crippen LogP contribution is -2.61. The number of hydrogen-bond donors (Lipinski definition) is 1. The highest BCUT2D eigenvalue weighted by molar-refractivity contribution is 5.91. The predicted octanol–water partition coefficient (Wildman–Crippen LogP) is 1.53. The van der Waals surface area contributed by atoms with Gasteiger partial charge in [-0.1, -0.05) is 13.8 Å². The third-order valence-corrected chi connectivity index (χ3v) is 3.98. The quantitative estimate of drug-likeness (QED) is 0.225. The Balaban J connectivity index is 0.00000841. The second-order valence-electron chi connectivity index (χ2n) is 6.46. The van der Waals surface area contributed by atoms with Crippen molar-refractivity contribution < 1.29 is 42.9 Å². The molecule has 0 spiro atoms. The second-order valence-corrected chi connectivity index (χ2v) is 6.46. The Bertz CT molecular complexity index is 625. The molecule has 1 aliphatic rings. The number of methoxy groups -OCH3 is 1. The zero-order valence-electron chi connectivity index (χ0n) is 17.4. The van der Waals surface area contributed by atoms with Gasteiger partial charge in [-0.25, -0.2) is 9.59 Å². The molecule has 1 saturated heterocycles. The maximum atomic E-state index is 12.2. The maximum Gasteiger partial charge on any atom is 0.392 e. The number of hydrogen-bond acceptors (Lipinski definition) is 10. The minimum absolute atomic E-state index is 0. The summed E-state index contributed by atoms with van der Waals surface area (Å²) in [6, 6.07) is -0.971. The highest BCUT2D eigenvalue weighted by atomic mass is 35.5. The highest BCUT2D eigenvalue weighted by Crippen LogP contribution is 2.32. The first kappa shape index (κ1) is 27.8. The topological polar surface area (TPSA) is 140 Å². The first-order valence-corrected chi connectivity index (χ1v) is 9.56. The standard InChI is InChI=1S/C19H29NO9.ClH/c1-4-6-16(22)26-12-13-8-9-14(20)19(27-13,28-17(23)7-5-2)29-18(24)11-10-15(21)25-3;/h10-11,13-14H,4-9,12,20H2,1-3H3;1H/b11-10+;. The lowest BCUT2D eigenvalue weighted by molar-refractivity contribution is -0.381. The summed E-state index contributed by atoms with van der Waals surface area (Å²) < 4.78 is 25.8. The Hall–Kier alpha value is -2.17. The zero-order valence-corrected chi connectivity index (χ0v) is 18.2. The molecule has 2 N–H and O–H groups in total. The zero-order chi connectivity index (χ0) is 21.9. The van der Waals surface area contributed by atoms with Crippen LogP contribution in [0.1, 0.15) is 52.4 Å². The van der Waals surface area contributed by atoms with Crippen LogP contribution >= 0.6 is 12.4 Å². The van der Waals surface area contributed by atoms with E-state index < -0.39 is 42.0 Å². The molecule has 1 aliphatic heterocycles. The Morgan fingerprint density at radius 2 is 1.60 bits per heavy atom. The molecule has 3 unspecified atom stereocenters. The first-order chi connectivity index (χ1) is 13.8. The maximum absolute atomic E-state index is 12.2. The van der Waals surface area contributed by atoms with Crippen LogP contribution in [0.4, 0.5) is 0 Å². The third kappa shape index (κ3) is 9.10. The lowest BCUT2D eigenvalue weighted by atomic mass is 10.0. The smallest absolute Gasteiger partial charge is 0.392 e. The van der Waals surface area contributed by atoms with E-state index in [1.807, 2.05) is 6.92 Å². The summed E-state index contributed by atoms with van der Waals surface area (Å²) in [5.74, 6) is -5.04. The highest BCUT2D eigenvalue weighted by Gasteiger charge is 2.51. The molecule has 0 radical (unpaired) electrons. The van der Waals surface area contributed by atoms with Crippen LogP contribution in [0.3, 0.4) is 0 Å². The summed E-state index contributed by atoms with van der Waals surface area (Å²) in [7, 11) is 1.15. The van der Waals surface area contributed by atoms with Gasteiger partial charge in [0.1, 0.15) is 12.6 Å². The molecule has 172 valence electrons. The molecule has 30 heavy (non-hydrogen) atoms. The van der Waals surface area contributed by atoms with Crippen LogP contribution in [0.25, 0.3) is 0 Å². The lowest BCUT2D eigenvalue weighted by Gasteiger charge is -2.42. The Morgan fingerprint density at radius 1 is 1.00 bits per heavy atom. The third-order valence-electron chi connectivity index (χ3n) is 3.98. The SMILES string of the molecule is CCCC(=O)OCC1CCC(N)C(OC(=O)/C=C/C(=O)OC)(OC(=O)CCC)O1.Cl. The molecule has 1 heterocycles. The van der Waals surface area contributed by atoms with Gasteiger partial charge in [-0.15, -0.1) is 12.4 Å². The first-order valence-electron chi connectivity index (χ1n) is 9.56. The Morgan fingerprint density at radius 3 is 2.20 bits per heavy atom. The fraction of sp³-hybridized carbons (Fsp3) is 0.684. The van der Waals surface area contributed by atoms with E-state index >= 15 is 0 Å². The molecule has 1 fully saturated rings. The average Bonchev–Trinajstić information content (AvgIpc) is 2.67. The van der Waals surface area contributed by atoms with E-state index in [0.717, 1.165) is 19.3 Å². The van der Waals surface area contributed by atoms with Crippen molar-refractivity contribution in [2.75, 3.05) is 13.7 Å². The monoisotopic (exact) mass is 451 g/mol. The van der Waals surface area contributed by atoms with E-state index in [0.29, 0.717) is 19.3 Å². The second kappa shape index (κ2) is 13.9. The van der Waals surface area contributed by atoms with Gasteiger partial charge in [-0.2, -0.15) is 0 Å². The number of esters is 4. The fourth-order valence-corrected chi connectivity index (χ4v) is 2.51. The largest absolute Gasteiger partial charge is 0.466 e. The molecule has 10 nitrogen and oxygen atoms in total. The molecule has 0 aromatic carbocycles. The number of ether oxygens (including phenoxy) is 5. The van der Waals surface area contributed by atoms with Crippen molar-refractivity contribution in [3.05, 3.63) is 12.2 Å². The Labute approximate surface area is 181 Å². The van der Waals surface area contributed by atoms with Gasteiger partial charge in [0, 0.05) is 25.0 Å². The molecule has 0 bridgehead atoms. The van der Waals surface area contributed by atoms with Crippen LogP contribution in [0.5, 0.6) is 0 Å². The van der Waals surface area contributed by atoms with Crippen molar-refractivity contribution in [1.82, 2.24) is 0 Å². The van der Waals surface area contributed by atoms with E-state index in [4.69, 9.17) is 24.7 Å². The average molecular weight is 452 g/mol. The summed E-state index contributed by atoms with van der Waals surface area (Å²) in [4.78, 5) is 47.0. The summed E-state index contributed by atoms with van der Waals surface area (Å²) in [6.07, 6.45) is 3.11.